The van der Waals surface area contributed by atoms with E-state index in [4.69, 9.17) is 4.42 Å². The average Bonchev–Trinajstić information content (AvgIpc) is 3.02. The molecule has 0 bridgehead atoms. The molecule has 21 heavy (non-hydrogen) atoms. The third kappa shape index (κ3) is 3.02. The Morgan fingerprint density at radius 1 is 1.14 bits per heavy atom. The summed E-state index contributed by atoms with van der Waals surface area (Å²) in [5.74, 6) is 0.840. The van der Waals surface area contributed by atoms with Crippen molar-refractivity contribution in [2.24, 2.45) is 0 Å². The quantitative estimate of drug-likeness (QED) is 0.911. The van der Waals surface area contributed by atoms with E-state index in [1.807, 2.05) is 37.3 Å². The van der Waals surface area contributed by atoms with Crippen LogP contribution in [0.1, 0.15) is 48.0 Å². The SMILES string of the molecule is Cc1c(C(=O)NC2CCCCC2)cccc1-c1ccco1. The minimum absolute atomic E-state index is 0.0350. The molecule has 1 N–H and O–H groups in total. The van der Waals surface area contributed by atoms with Gasteiger partial charge in [-0.3, -0.25) is 4.79 Å². The average molecular weight is 283 g/mol. The topological polar surface area (TPSA) is 42.2 Å². The van der Waals surface area contributed by atoms with E-state index in [9.17, 15) is 4.79 Å². The van der Waals surface area contributed by atoms with Gasteiger partial charge >= 0.3 is 0 Å². The van der Waals surface area contributed by atoms with Gasteiger partial charge in [0.2, 0.25) is 0 Å². The lowest BCUT2D eigenvalue weighted by Crippen LogP contribution is -2.36. The molecule has 3 heteroatoms. The second kappa shape index (κ2) is 6.17. The highest BCUT2D eigenvalue weighted by molar-refractivity contribution is 5.97. The van der Waals surface area contributed by atoms with Crippen LogP contribution in [-0.4, -0.2) is 11.9 Å². The third-order valence-corrected chi connectivity index (χ3v) is 4.31. The molecule has 0 saturated heterocycles. The molecular weight excluding hydrogens is 262 g/mol. The van der Waals surface area contributed by atoms with Crippen LogP contribution in [-0.2, 0) is 0 Å². The van der Waals surface area contributed by atoms with Gasteiger partial charge in [0.15, 0.2) is 0 Å². The molecule has 0 spiro atoms. The molecule has 0 radical (unpaired) electrons. The van der Waals surface area contributed by atoms with Gasteiger partial charge in [-0.05, 0) is 43.5 Å². The molecule has 3 nitrogen and oxygen atoms in total. The summed E-state index contributed by atoms with van der Waals surface area (Å²) in [5.41, 5.74) is 2.70. The number of benzene rings is 1. The summed E-state index contributed by atoms with van der Waals surface area (Å²) in [6.45, 7) is 1.98. The Balaban J connectivity index is 1.81. The molecule has 1 amide bonds. The Morgan fingerprint density at radius 2 is 1.95 bits per heavy atom. The molecule has 0 atom stereocenters. The zero-order chi connectivity index (χ0) is 14.7. The van der Waals surface area contributed by atoms with Gasteiger partial charge < -0.3 is 9.73 Å². The molecule has 1 aliphatic carbocycles. The van der Waals surface area contributed by atoms with Crippen molar-refractivity contribution >= 4 is 5.91 Å². The molecule has 1 aromatic carbocycles. The maximum Gasteiger partial charge on any atom is 0.251 e. The van der Waals surface area contributed by atoms with Gasteiger partial charge in [0.05, 0.1) is 6.26 Å². The fourth-order valence-electron chi connectivity index (χ4n) is 3.09. The number of nitrogens with one attached hydrogen (secondary N) is 1. The van der Waals surface area contributed by atoms with Gasteiger partial charge in [0.1, 0.15) is 5.76 Å². The van der Waals surface area contributed by atoms with Crippen LogP contribution in [0.4, 0.5) is 0 Å². The van der Waals surface area contributed by atoms with Crippen LogP contribution in [0.15, 0.2) is 41.0 Å². The van der Waals surface area contributed by atoms with Crippen LogP contribution in [0.2, 0.25) is 0 Å². The summed E-state index contributed by atoms with van der Waals surface area (Å²) in [7, 11) is 0. The summed E-state index contributed by atoms with van der Waals surface area (Å²) in [6, 6.07) is 9.92. The second-order valence-electron chi connectivity index (χ2n) is 5.76. The van der Waals surface area contributed by atoms with E-state index in [1.165, 1.54) is 19.3 Å². The highest BCUT2D eigenvalue weighted by Gasteiger charge is 2.19. The number of hydrogen-bond donors (Lipinski definition) is 1. The first-order chi connectivity index (χ1) is 10.3. The monoisotopic (exact) mass is 283 g/mol. The highest BCUT2D eigenvalue weighted by Crippen LogP contribution is 2.26. The molecular formula is C18H21NO2. The van der Waals surface area contributed by atoms with Crippen molar-refractivity contribution in [1.82, 2.24) is 5.32 Å². The molecule has 0 aliphatic heterocycles. The first-order valence-corrected chi connectivity index (χ1v) is 7.70. The molecule has 3 rings (SSSR count). The lowest BCUT2D eigenvalue weighted by Gasteiger charge is -2.23. The Morgan fingerprint density at radius 3 is 2.67 bits per heavy atom. The van der Waals surface area contributed by atoms with E-state index < -0.39 is 0 Å². The Labute approximate surface area is 125 Å². The number of carbonyl (C=O) groups excluding carboxylic acids is 1. The van der Waals surface area contributed by atoms with Gasteiger partial charge in [-0.1, -0.05) is 31.4 Å². The number of carbonyl (C=O) groups is 1. The molecule has 1 heterocycles. The third-order valence-electron chi connectivity index (χ3n) is 4.31. The zero-order valence-electron chi connectivity index (χ0n) is 12.4. The molecule has 2 aromatic rings. The zero-order valence-corrected chi connectivity index (χ0v) is 12.4. The van der Waals surface area contributed by atoms with Crippen molar-refractivity contribution in [3.63, 3.8) is 0 Å². The Kier molecular flexibility index (Phi) is 4.09. The number of rotatable bonds is 3. The molecule has 0 unspecified atom stereocenters. The van der Waals surface area contributed by atoms with Crippen molar-refractivity contribution in [3.8, 4) is 11.3 Å². The molecule has 1 aliphatic rings. The number of hydrogen-bond acceptors (Lipinski definition) is 2. The summed E-state index contributed by atoms with van der Waals surface area (Å²) < 4.78 is 5.45. The maximum absolute atomic E-state index is 12.5. The lowest BCUT2D eigenvalue weighted by atomic mass is 9.94. The first-order valence-electron chi connectivity index (χ1n) is 7.70. The van der Waals surface area contributed by atoms with E-state index in [2.05, 4.69) is 5.32 Å². The van der Waals surface area contributed by atoms with Crippen molar-refractivity contribution in [2.45, 2.75) is 45.1 Å². The largest absolute Gasteiger partial charge is 0.464 e. The lowest BCUT2D eigenvalue weighted by molar-refractivity contribution is 0.0927. The number of amides is 1. The van der Waals surface area contributed by atoms with Crippen LogP contribution >= 0.6 is 0 Å². The normalized spacial score (nSPS) is 15.9. The smallest absolute Gasteiger partial charge is 0.251 e. The van der Waals surface area contributed by atoms with E-state index in [0.29, 0.717) is 6.04 Å². The summed E-state index contributed by atoms with van der Waals surface area (Å²) in [4.78, 5) is 12.5. The Hall–Kier alpha value is -2.03. The van der Waals surface area contributed by atoms with Gasteiger partial charge in [-0.15, -0.1) is 0 Å². The molecule has 1 aromatic heterocycles. The molecule has 110 valence electrons. The van der Waals surface area contributed by atoms with Gasteiger partial charge in [0, 0.05) is 17.2 Å². The van der Waals surface area contributed by atoms with E-state index in [0.717, 1.165) is 35.3 Å². The van der Waals surface area contributed by atoms with Crippen molar-refractivity contribution in [2.75, 3.05) is 0 Å². The van der Waals surface area contributed by atoms with Crippen LogP contribution in [0.3, 0.4) is 0 Å². The predicted molar refractivity (Wildman–Crippen MR) is 83.2 cm³/mol. The van der Waals surface area contributed by atoms with Gasteiger partial charge in [0.25, 0.3) is 5.91 Å². The van der Waals surface area contributed by atoms with Crippen molar-refractivity contribution in [3.05, 3.63) is 47.7 Å². The summed E-state index contributed by atoms with van der Waals surface area (Å²) in [6.07, 6.45) is 7.58. The van der Waals surface area contributed by atoms with E-state index in [1.54, 1.807) is 6.26 Å². The Bertz CT molecular complexity index is 610. The molecule has 1 saturated carbocycles. The highest BCUT2D eigenvalue weighted by atomic mass is 16.3. The van der Waals surface area contributed by atoms with Crippen LogP contribution in [0, 0.1) is 6.92 Å². The fraction of sp³-hybridized carbons (Fsp3) is 0.389. The summed E-state index contributed by atoms with van der Waals surface area (Å²) in [5, 5.41) is 3.18. The van der Waals surface area contributed by atoms with E-state index in [-0.39, 0.29) is 5.91 Å². The standard InChI is InChI=1S/C18H21NO2/c1-13-15(17-11-6-12-21-17)9-5-10-16(13)18(20)19-14-7-3-2-4-8-14/h5-6,9-12,14H,2-4,7-8H2,1H3,(H,19,20). The number of furan rings is 1. The van der Waals surface area contributed by atoms with Crippen LogP contribution in [0.5, 0.6) is 0 Å². The minimum Gasteiger partial charge on any atom is -0.464 e. The fourth-order valence-corrected chi connectivity index (χ4v) is 3.09. The van der Waals surface area contributed by atoms with Gasteiger partial charge in [-0.25, -0.2) is 0 Å². The van der Waals surface area contributed by atoms with Crippen LogP contribution in [0.25, 0.3) is 11.3 Å². The van der Waals surface area contributed by atoms with Crippen molar-refractivity contribution in [1.29, 1.82) is 0 Å². The first kappa shape index (κ1) is 13.9. The minimum atomic E-state index is 0.0350. The molecule has 1 fully saturated rings. The second-order valence-corrected chi connectivity index (χ2v) is 5.76. The maximum atomic E-state index is 12.5. The predicted octanol–water partition coefficient (Wildman–Crippen LogP) is 4.32. The van der Waals surface area contributed by atoms with Crippen molar-refractivity contribution < 1.29 is 9.21 Å². The summed E-state index contributed by atoms with van der Waals surface area (Å²) >= 11 is 0. The van der Waals surface area contributed by atoms with E-state index >= 15 is 0 Å². The van der Waals surface area contributed by atoms with Crippen LogP contribution < -0.4 is 5.32 Å². The van der Waals surface area contributed by atoms with Gasteiger partial charge in [-0.2, -0.15) is 0 Å².